The molecule has 176 valence electrons. The van der Waals surface area contributed by atoms with E-state index in [1.807, 2.05) is 38.5 Å². The summed E-state index contributed by atoms with van der Waals surface area (Å²) in [5.74, 6) is 2.20. The number of nitrogens with one attached hydrogen (secondary N) is 2. The predicted molar refractivity (Wildman–Crippen MR) is 129 cm³/mol. The van der Waals surface area contributed by atoms with Gasteiger partial charge in [0.05, 0.1) is 24.4 Å². The first-order valence-corrected chi connectivity index (χ1v) is 12.0. The number of nitrogens with zero attached hydrogens (tertiary/aromatic N) is 5. The first kappa shape index (κ1) is 21.2. The van der Waals surface area contributed by atoms with Crippen molar-refractivity contribution < 1.29 is 9.53 Å². The summed E-state index contributed by atoms with van der Waals surface area (Å²) in [7, 11) is 2.03. The number of piperidine rings is 1. The molecule has 9 nitrogen and oxygen atoms in total. The van der Waals surface area contributed by atoms with Crippen LogP contribution in [0.3, 0.4) is 0 Å². The van der Waals surface area contributed by atoms with Crippen molar-refractivity contribution in [1.82, 2.24) is 30.2 Å². The van der Waals surface area contributed by atoms with Gasteiger partial charge in [0.1, 0.15) is 17.2 Å². The summed E-state index contributed by atoms with van der Waals surface area (Å²) in [6, 6.07) is 3.97. The number of carbonyl (C=O) groups excluding carboxylic acids is 1. The van der Waals surface area contributed by atoms with Gasteiger partial charge >= 0.3 is 0 Å². The molecule has 0 unspecified atom stereocenters. The van der Waals surface area contributed by atoms with Crippen molar-refractivity contribution in [2.75, 3.05) is 32.1 Å². The number of aromatic nitrogens is 4. The lowest BCUT2D eigenvalue weighted by atomic mass is 9.96. The van der Waals surface area contributed by atoms with Crippen LogP contribution in [0.25, 0.3) is 22.2 Å². The number of likely N-dealkylation sites (N-methyl/N-ethyl adjacent to an activating group) is 1. The standard InChI is InChI=1S/C25H29N7O2/c1-15-26-10-16(11-27-15)18-3-4-19-22-23(18)34-14-25(6-7-25)13-29-24(33)20-9-17(5-8-32(20)2)30-21(31-22)12-28-19/h3-4,10-12,17,20H,5-9,13-14H2,1-2H3,(H,29,33)(H,30,31)/t17-,20-/m0/s1. The molecule has 2 aliphatic heterocycles. The number of amides is 1. The van der Waals surface area contributed by atoms with Crippen LogP contribution in [-0.2, 0) is 4.79 Å². The highest BCUT2D eigenvalue weighted by atomic mass is 16.5. The van der Waals surface area contributed by atoms with Crippen LogP contribution in [0, 0.1) is 12.3 Å². The van der Waals surface area contributed by atoms with Crippen molar-refractivity contribution in [3.63, 3.8) is 0 Å². The molecule has 34 heavy (non-hydrogen) atoms. The number of aryl methyl sites for hydroxylation is 1. The van der Waals surface area contributed by atoms with E-state index in [0.717, 1.165) is 60.2 Å². The number of fused-ring (bicyclic) bond motifs is 3. The number of hydrogen-bond donors (Lipinski definition) is 2. The lowest BCUT2D eigenvalue weighted by molar-refractivity contribution is -0.127. The molecule has 1 saturated carbocycles. The maximum atomic E-state index is 13.1. The van der Waals surface area contributed by atoms with Crippen molar-refractivity contribution >= 4 is 22.8 Å². The van der Waals surface area contributed by atoms with E-state index in [4.69, 9.17) is 9.72 Å². The van der Waals surface area contributed by atoms with Crippen LogP contribution in [0.4, 0.5) is 5.82 Å². The minimum atomic E-state index is -0.150. The molecule has 2 fully saturated rings. The zero-order valence-corrected chi connectivity index (χ0v) is 19.5. The van der Waals surface area contributed by atoms with Crippen LogP contribution in [0.15, 0.2) is 30.7 Å². The fourth-order valence-corrected chi connectivity index (χ4v) is 4.92. The van der Waals surface area contributed by atoms with E-state index in [1.165, 1.54) is 0 Å². The van der Waals surface area contributed by atoms with E-state index in [9.17, 15) is 4.79 Å². The Morgan fingerprint density at radius 2 is 1.97 bits per heavy atom. The molecule has 3 aliphatic rings. The van der Waals surface area contributed by atoms with Gasteiger partial charge in [-0.2, -0.15) is 0 Å². The molecule has 6 rings (SSSR count). The van der Waals surface area contributed by atoms with Crippen molar-refractivity contribution in [2.45, 2.75) is 44.7 Å². The highest BCUT2D eigenvalue weighted by Gasteiger charge is 2.45. The molecular weight excluding hydrogens is 430 g/mol. The normalized spacial score (nSPS) is 24.2. The molecule has 9 heteroatoms. The predicted octanol–water partition coefficient (Wildman–Crippen LogP) is 2.56. The molecule has 3 aromatic rings. The Kier molecular flexibility index (Phi) is 5.09. The Hall–Kier alpha value is -3.33. The van der Waals surface area contributed by atoms with E-state index < -0.39 is 0 Å². The van der Waals surface area contributed by atoms with Crippen molar-refractivity contribution in [1.29, 1.82) is 0 Å². The number of benzene rings is 1. The van der Waals surface area contributed by atoms with Gasteiger partial charge in [0.25, 0.3) is 0 Å². The number of rotatable bonds is 1. The quantitative estimate of drug-likeness (QED) is 0.572. The molecule has 1 aliphatic carbocycles. The molecule has 1 aromatic carbocycles. The molecule has 2 N–H and O–H groups in total. The number of hydrogen-bond acceptors (Lipinski definition) is 8. The maximum Gasteiger partial charge on any atom is 0.237 e. The zero-order chi connectivity index (χ0) is 23.3. The Balaban J connectivity index is 1.45. The maximum absolute atomic E-state index is 13.1. The number of anilines is 1. The van der Waals surface area contributed by atoms with E-state index >= 15 is 0 Å². The summed E-state index contributed by atoms with van der Waals surface area (Å²) in [6.07, 6.45) is 9.13. The van der Waals surface area contributed by atoms with Crippen molar-refractivity contribution in [2.24, 2.45) is 5.41 Å². The summed E-state index contributed by atoms with van der Waals surface area (Å²) in [5, 5.41) is 6.75. The average molecular weight is 460 g/mol. The Bertz CT molecular complexity index is 1240. The first-order valence-electron chi connectivity index (χ1n) is 12.0. The van der Waals surface area contributed by atoms with Gasteiger partial charge in [-0.3, -0.25) is 14.7 Å². The molecule has 4 bridgehead atoms. The van der Waals surface area contributed by atoms with E-state index in [0.29, 0.717) is 24.7 Å². The third-order valence-corrected chi connectivity index (χ3v) is 7.40. The van der Waals surface area contributed by atoms with Crippen LogP contribution in [0.5, 0.6) is 5.75 Å². The summed E-state index contributed by atoms with van der Waals surface area (Å²) in [6.45, 7) is 3.86. The summed E-state index contributed by atoms with van der Waals surface area (Å²) < 4.78 is 6.51. The highest BCUT2D eigenvalue weighted by molar-refractivity contribution is 5.90. The van der Waals surface area contributed by atoms with Gasteiger partial charge in [-0.25, -0.2) is 15.0 Å². The van der Waals surface area contributed by atoms with Gasteiger partial charge in [-0.15, -0.1) is 0 Å². The third kappa shape index (κ3) is 3.94. The van der Waals surface area contributed by atoms with Crippen LogP contribution < -0.4 is 15.4 Å². The van der Waals surface area contributed by atoms with E-state index in [-0.39, 0.29) is 23.4 Å². The van der Waals surface area contributed by atoms with Crippen LogP contribution in [-0.4, -0.2) is 69.6 Å². The summed E-state index contributed by atoms with van der Waals surface area (Å²) in [4.78, 5) is 33.6. The monoisotopic (exact) mass is 459 g/mol. The molecule has 1 spiro atoms. The SMILES string of the molecule is Cc1ncc(-c2ccc3ncc4nc3c2OCC2(CC2)CNC(=O)[C@@H]2C[C@H](CCN2C)N4)cn1. The average Bonchev–Trinajstić information content (AvgIpc) is 3.62. The van der Waals surface area contributed by atoms with Crippen molar-refractivity contribution in [3.05, 3.63) is 36.5 Å². The van der Waals surface area contributed by atoms with Crippen molar-refractivity contribution in [3.8, 4) is 16.9 Å². The Morgan fingerprint density at radius 1 is 1.15 bits per heavy atom. The second-order valence-electron chi connectivity index (χ2n) is 9.95. The van der Waals surface area contributed by atoms with Gasteiger partial charge in [0.2, 0.25) is 5.91 Å². The second kappa shape index (κ2) is 8.16. The highest BCUT2D eigenvalue weighted by Crippen LogP contribution is 2.46. The zero-order valence-electron chi connectivity index (χ0n) is 19.5. The minimum Gasteiger partial charge on any atom is -0.490 e. The number of likely N-dealkylation sites (tertiary alicyclic amines) is 1. The summed E-state index contributed by atoms with van der Waals surface area (Å²) in [5.41, 5.74) is 3.23. The first-order chi connectivity index (χ1) is 16.5. The molecule has 1 saturated heterocycles. The number of ether oxygens (including phenoxy) is 1. The van der Waals surface area contributed by atoms with Gasteiger partial charge in [0.15, 0.2) is 5.75 Å². The fraction of sp³-hybridized carbons (Fsp3) is 0.480. The Labute approximate surface area is 198 Å². The molecular formula is C25H29N7O2. The third-order valence-electron chi connectivity index (χ3n) is 7.40. The molecule has 1 amide bonds. The lowest BCUT2D eigenvalue weighted by Crippen LogP contribution is -2.53. The number of carbonyl (C=O) groups is 1. The van der Waals surface area contributed by atoms with Crippen LogP contribution in [0.2, 0.25) is 0 Å². The van der Waals surface area contributed by atoms with Crippen LogP contribution in [0.1, 0.15) is 31.5 Å². The lowest BCUT2D eigenvalue weighted by Gasteiger charge is -2.37. The minimum absolute atomic E-state index is 0.0427. The van der Waals surface area contributed by atoms with Gasteiger partial charge in [0, 0.05) is 48.1 Å². The molecule has 4 heterocycles. The second-order valence-corrected chi connectivity index (χ2v) is 9.95. The van der Waals surface area contributed by atoms with Gasteiger partial charge in [-0.1, -0.05) is 0 Å². The molecule has 2 atom stereocenters. The van der Waals surface area contributed by atoms with Gasteiger partial charge < -0.3 is 15.4 Å². The van der Waals surface area contributed by atoms with E-state index in [2.05, 4.69) is 30.5 Å². The fourth-order valence-electron chi connectivity index (χ4n) is 4.92. The molecule has 0 radical (unpaired) electrons. The molecule has 2 aromatic heterocycles. The topological polar surface area (TPSA) is 105 Å². The Morgan fingerprint density at radius 3 is 2.76 bits per heavy atom. The smallest absolute Gasteiger partial charge is 0.237 e. The van der Waals surface area contributed by atoms with Gasteiger partial charge in [-0.05, 0) is 51.8 Å². The van der Waals surface area contributed by atoms with E-state index in [1.54, 1.807) is 6.20 Å². The largest absolute Gasteiger partial charge is 0.490 e. The van der Waals surface area contributed by atoms with Crippen LogP contribution >= 0.6 is 0 Å². The summed E-state index contributed by atoms with van der Waals surface area (Å²) >= 11 is 0.